The number of likely N-dealkylation sites (tertiary alicyclic amines) is 1. The van der Waals surface area contributed by atoms with E-state index < -0.39 is 73.2 Å². The van der Waals surface area contributed by atoms with E-state index in [0.717, 1.165) is 0 Å². The summed E-state index contributed by atoms with van der Waals surface area (Å²) in [6.45, 7) is 23.9. The normalized spacial score (nSPS) is 22.5. The zero-order valence-corrected chi connectivity index (χ0v) is 38.5. The van der Waals surface area contributed by atoms with E-state index in [2.05, 4.69) is 33.5 Å². The highest BCUT2D eigenvalue weighted by molar-refractivity contribution is 7.91. The number of aromatic nitrogens is 2. The third kappa shape index (κ3) is 10.4. The number of allylic oxidation sites excluding steroid dienone is 1. The number of carbonyl (C=O) groups is 5. The fourth-order valence-electron chi connectivity index (χ4n) is 8.09. The summed E-state index contributed by atoms with van der Waals surface area (Å²) in [5, 5.41) is 5.60. The fourth-order valence-corrected chi connectivity index (χ4v) is 9.77. The van der Waals surface area contributed by atoms with E-state index in [1.807, 2.05) is 31.4 Å². The summed E-state index contributed by atoms with van der Waals surface area (Å²) < 4.78 is 42.2. The lowest BCUT2D eigenvalue weighted by atomic mass is 9.85. The molecule has 1 aromatic heterocycles. The lowest BCUT2D eigenvalue weighted by molar-refractivity contribution is -0.141. The Morgan fingerprint density at radius 1 is 1.05 bits per heavy atom. The minimum atomic E-state index is -4.03. The van der Waals surface area contributed by atoms with Crippen LogP contribution in [0.4, 0.5) is 4.79 Å². The number of rotatable bonds is 18. The molecule has 2 aromatic rings. The first-order valence-corrected chi connectivity index (χ1v) is 23.1. The van der Waals surface area contributed by atoms with Gasteiger partial charge in [0.05, 0.1) is 27.8 Å². The van der Waals surface area contributed by atoms with Crippen molar-refractivity contribution in [1.82, 2.24) is 29.8 Å². The van der Waals surface area contributed by atoms with Crippen LogP contribution in [-0.4, -0.2) is 100 Å². The maximum absolute atomic E-state index is 14.7. The van der Waals surface area contributed by atoms with Crippen molar-refractivity contribution in [2.24, 2.45) is 21.7 Å². The van der Waals surface area contributed by atoms with Crippen molar-refractivity contribution in [3.05, 3.63) is 49.1 Å². The molecule has 1 aliphatic heterocycles. The molecule has 62 heavy (non-hydrogen) atoms. The van der Waals surface area contributed by atoms with Gasteiger partial charge in [0.1, 0.15) is 29.3 Å². The van der Waals surface area contributed by atoms with E-state index in [1.165, 1.54) is 11.1 Å². The van der Waals surface area contributed by atoms with Crippen LogP contribution in [0.25, 0.3) is 11.0 Å². The standard InChI is InChI=1S/C45H65N7O9S/c1-12-15-20-44(21-22-44)62(58,59)50-39(56)45(25-29(45)14-3)27-47-37(54)33-24-30(26-51(33)38(55)35(42(6,7)8)49-41(57)61-43(9,10)11)60-40-48-34-31(36(53)46-23-16-13-2)18-17-19-32(34)52(40)28(4)5/h12-13,17-19,27-30,33,35H,1-2,14-16,20-26H2,3-11H3,(H,46,53)(H,49,57)(H,50,56). The van der Waals surface area contributed by atoms with Crippen LogP contribution in [0.15, 0.2) is 48.5 Å². The Morgan fingerprint density at radius 2 is 1.73 bits per heavy atom. The maximum Gasteiger partial charge on any atom is 0.408 e. The van der Waals surface area contributed by atoms with Gasteiger partial charge in [-0.1, -0.05) is 52.3 Å². The van der Waals surface area contributed by atoms with Gasteiger partial charge < -0.3 is 25.0 Å². The van der Waals surface area contributed by atoms with Gasteiger partial charge in [0.25, 0.3) is 17.8 Å². The molecule has 0 radical (unpaired) electrons. The van der Waals surface area contributed by atoms with Crippen LogP contribution in [0.5, 0.6) is 6.01 Å². The monoisotopic (exact) mass is 879 g/mol. The number of fused-ring (bicyclic) bond motifs is 1. The van der Waals surface area contributed by atoms with Crippen molar-refractivity contribution in [2.75, 3.05) is 13.1 Å². The van der Waals surface area contributed by atoms with Crippen LogP contribution >= 0.6 is 0 Å². The second-order valence-electron chi connectivity index (χ2n) is 19.2. The second kappa shape index (κ2) is 18.3. The zero-order chi connectivity index (χ0) is 46.0. The Kier molecular flexibility index (Phi) is 14.2. The van der Waals surface area contributed by atoms with Crippen LogP contribution in [0.1, 0.15) is 130 Å². The highest BCUT2D eigenvalue weighted by Crippen LogP contribution is 2.54. The van der Waals surface area contributed by atoms with Crippen LogP contribution < -0.4 is 20.1 Å². The minimum Gasteiger partial charge on any atom is -0.459 e. The van der Waals surface area contributed by atoms with E-state index in [-0.39, 0.29) is 36.8 Å². The molecular weight excluding hydrogens is 815 g/mol. The molecule has 5 amide bonds. The van der Waals surface area contributed by atoms with Crippen molar-refractivity contribution in [3.8, 4) is 6.01 Å². The Labute approximate surface area is 365 Å². The number of ether oxygens (including phenoxy) is 2. The molecule has 340 valence electrons. The number of para-hydroxylation sites is 1. The first kappa shape index (κ1) is 48.0. The van der Waals surface area contributed by atoms with Gasteiger partial charge >= 0.3 is 6.09 Å². The van der Waals surface area contributed by atoms with Crippen molar-refractivity contribution in [1.29, 1.82) is 0 Å². The summed E-state index contributed by atoms with van der Waals surface area (Å²) in [4.78, 5) is 79.6. The van der Waals surface area contributed by atoms with Crippen LogP contribution in [-0.2, 0) is 29.1 Å². The first-order chi connectivity index (χ1) is 28.9. The smallest absolute Gasteiger partial charge is 0.408 e. The number of benzene rings is 1. The molecular formula is C45H65N7O9S. The van der Waals surface area contributed by atoms with Gasteiger partial charge in [0.2, 0.25) is 21.8 Å². The van der Waals surface area contributed by atoms with Crippen LogP contribution in [0, 0.1) is 16.7 Å². The van der Waals surface area contributed by atoms with Crippen molar-refractivity contribution in [3.63, 3.8) is 0 Å². The minimum absolute atomic E-state index is 0.0297. The summed E-state index contributed by atoms with van der Waals surface area (Å²) in [5.74, 6) is -2.62. The van der Waals surface area contributed by atoms with Gasteiger partial charge in [0.15, 0.2) is 0 Å². The number of alkyl carbamates (subject to hydrolysis) is 1. The quantitative estimate of drug-likeness (QED) is 0.0882. The Hall–Kier alpha value is -5.06. The van der Waals surface area contributed by atoms with Gasteiger partial charge in [0, 0.05) is 25.2 Å². The molecule has 0 bridgehead atoms. The van der Waals surface area contributed by atoms with E-state index in [0.29, 0.717) is 68.1 Å². The summed E-state index contributed by atoms with van der Waals surface area (Å²) in [6.07, 6.45) is 6.10. The van der Waals surface area contributed by atoms with Gasteiger partial charge in [-0.25, -0.2) is 18.2 Å². The average molecular weight is 880 g/mol. The largest absolute Gasteiger partial charge is 0.459 e. The second-order valence-corrected chi connectivity index (χ2v) is 21.3. The molecule has 3 aliphatic rings. The van der Waals surface area contributed by atoms with Gasteiger partial charge in [-0.2, -0.15) is 4.98 Å². The van der Waals surface area contributed by atoms with E-state index in [4.69, 9.17) is 14.5 Å². The van der Waals surface area contributed by atoms with E-state index in [9.17, 15) is 32.4 Å². The number of hydrogen-bond acceptors (Lipinski definition) is 10. The number of nitrogens with one attached hydrogen (secondary N) is 3. The molecule has 5 rings (SSSR count). The number of carbonyl (C=O) groups excluding carboxylic acids is 5. The van der Waals surface area contributed by atoms with Gasteiger partial charge in [-0.05, 0) is 96.6 Å². The molecule has 16 nitrogen and oxygen atoms in total. The molecule has 2 aliphatic carbocycles. The summed E-state index contributed by atoms with van der Waals surface area (Å²) in [7, 11) is -4.03. The SMILES string of the molecule is C=CCCNC(=O)c1cccc2c1nc(OC1CC(C(=O)N=CC3(C(=O)NS(=O)(=O)C4(CCC=C)CC4)CC3CC)N(C(=O)C(NC(=O)OC(C)(C)C)C(C)(C)C)C1)n2C(C)C. The van der Waals surface area contributed by atoms with Gasteiger partial charge in [-0.15, -0.1) is 13.2 Å². The van der Waals surface area contributed by atoms with Crippen molar-refractivity contribution < 1.29 is 41.9 Å². The number of imidazole rings is 1. The summed E-state index contributed by atoms with van der Waals surface area (Å²) >= 11 is 0. The van der Waals surface area contributed by atoms with Crippen molar-refractivity contribution in [2.45, 2.75) is 148 Å². The third-order valence-electron chi connectivity index (χ3n) is 11.9. The fraction of sp³-hybridized carbons (Fsp3) is 0.622. The molecule has 1 saturated heterocycles. The topological polar surface area (TPSA) is 207 Å². The van der Waals surface area contributed by atoms with Crippen molar-refractivity contribution >= 4 is 57.0 Å². The Morgan fingerprint density at radius 3 is 2.29 bits per heavy atom. The maximum atomic E-state index is 14.7. The molecule has 3 N–H and O–H groups in total. The van der Waals surface area contributed by atoms with E-state index in [1.54, 1.807) is 65.8 Å². The van der Waals surface area contributed by atoms with Gasteiger partial charge in [-0.3, -0.25) is 28.5 Å². The third-order valence-corrected chi connectivity index (χ3v) is 14.1. The molecule has 1 aromatic carbocycles. The molecule has 2 saturated carbocycles. The molecule has 2 heterocycles. The predicted octanol–water partition coefficient (Wildman–Crippen LogP) is 6.17. The molecule has 5 atom stereocenters. The van der Waals surface area contributed by atoms with Crippen LogP contribution in [0.3, 0.4) is 0 Å². The number of hydrogen-bond donors (Lipinski definition) is 3. The lowest BCUT2D eigenvalue weighted by Gasteiger charge is -2.35. The number of aliphatic imine (C=N–C) groups is 1. The molecule has 5 unspecified atom stereocenters. The average Bonchev–Trinajstić information content (AvgIpc) is 4.05. The highest BCUT2D eigenvalue weighted by atomic mass is 32.2. The number of nitrogens with zero attached hydrogens (tertiary/aromatic N) is 4. The zero-order valence-electron chi connectivity index (χ0n) is 37.7. The first-order valence-electron chi connectivity index (χ1n) is 21.6. The molecule has 0 spiro atoms. The molecule has 3 fully saturated rings. The highest BCUT2D eigenvalue weighted by Gasteiger charge is 2.61. The van der Waals surface area contributed by atoms with E-state index >= 15 is 0 Å². The Balaban J connectivity index is 1.48. The lowest BCUT2D eigenvalue weighted by Crippen LogP contribution is -2.57. The Bertz CT molecular complexity index is 2210. The van der Waals surface area contributed by atoms with Crippen LogP contribution in [0.2, 0.25) is 0 Å². The molecule has 17 heteroatoms. The number of sulfonamides is 1. The summed E-state index contributed by atoms with van der Waals surface area (Å²) in [6, 6.07) is 2.93. The number of amides is 5. The predicted molar refractivity (Wildman–Crippen MR) is 237 cm³/mol. The summed E-state index contributed by atoms with van der Waals surface area (Å²) in [5.41, 5.74) is -1.62.